The molecule has 0 radical (unpaired) electrons. The van der Waals surface area contributed by atoms with Crippen LogP contribution in [0.5, 0.6) is 11.5 Å². The van der Waals surface area contributed by atoms with Crippen LogP contribution in [0.15, 0.2) is 53.7 Å². The molecule has 0 N–H and O–H groups in total. The average Bonchev–Trinajstić information content (AvgIpc) is 2.71. The average molecular weight is 420 g/mol. The van der Waals surface area contributed by atoms with Crippen LogP contribution in [0.2, 0.25) is 0 Å². The number of carbonyl (C=O) groups is 2. The Kier molecular flexibility index (Phi) is 5.38. The lowest BCUT2D eigenvalue weighted by Gasteiger charge is -2.43. The molecule has 1 aliphatic heterocycles. The van der Waals surface area contributed by atoms with Gasteiger partial charge in [0.15, 0.2) is 5.78 Å². The summed E-state index contributed by atoms with van der Waals surface area (Å²) in [4.78, 5) is 28.8. The van der Waals surface area contributed by atoms with Crippen molar-refractivity contribution in [2.24, 2.45) is 5.41 Å². The molecule has 5 nitrogen and oxygen atoms in total. The lowest BCUT2D eigenvalue weighted by atomic mass is 9.69. The number of hydrogen-bond donors (Lipinski definition) is 0. The highest BCUT2D eigenvalue weighted by molar-refractivity contribution is 6.08. The Morgan fingerprint density at radius 3 is 2.45 bits per heavy atom. The second-order valence-corrected chi connectivity index (χ2v) is 9.23. The summed E-state index contributed by atoms with van der Waals surface area (Å²) in [6, 6.07) is 13.4. The fourth-order valence-electron chi connectivity index (χ4n) is 4.86. The van der Waals surface area contributed by atoms with E-state index in [0.29, 0.717) is 24.3 Å². The normalized spacial score (nSPS) is 20.5. The summed E-state index contributed by atoms with van der Waals surface area (Å²) in [5.74, 6) is 1.08. The number of rotatable bonds is 4. The topological polar surface area (TPSA) is 55.8 Å². The molecule has 1 amide bonds. The van der Waals surface area contributed by atoms with E-state index in [-0.39, 0.29) is 29.4 Å². The van der Waals surface area contributed by atoms with Crippen molar-refractivity contribution in [3.8, 4) is 11.5 Å². The van der Waals surface area contributed by atoms with E-state index in [1.807, 2.05) is 49.4 Å². The maximum absolute atomic E-state index is 13.5. The predicted molar refractivity (Wildman–Crippen MR) is 121 cm³/mol. The summed E-state index contributed by atoms with van der Waals surface area (Å²) in [5, 5.41) is 0. The number of benzene rings is 2. The van der Waals surface area contributed by atoms with Crippen LogP contribution < -0.4 is 14.4 Å². The number of allylic oxidation sites excluding steroid dienone is 2. The lowest BCUT2D eigenvalue weighted by Crippen LogP contribution is -2.43. The van der Waals surface area contributed by atoms with E-state index >= 15 is 0 Å². The summed E-state index contributed by atoms with van der Waals surface area (Å²) < 4.78 is 11.0. The van der Waals surface area contributed by atoms with Gasteiger partial charge in [-0.15, -0.1) is 0 Å². The first-order valence-electron chi connectivity index (χ1n) is 10.6. The molecule has 0 saturated heterocycles. The largest absolute Gasteiger partial charge is 0.497 e. The predicted octanol–water partition coefficient (Wildman–Crippen LogP) is 5.18. The van der Waals surface area contributed by atoms with E-state index in [0.717, 1.165) is 28.1 Å². The van der Waals surface area contributed by atoms with Crippen molar-refractivity contribution < 1.29 is 19.1 Å². The van der Waals surface area contributed by atoms with Gasteiger partial charge in [0.25, 0.3) is 0 Å². The molecule has 162 valence electrons. The van der Waals surface area contributed by atoms with Gasteiger partial charge < -0.3 is 9.47 Å². The molecule has 0 fully saturated rings. The Morgan fingerprint density at radius 1 is 1.00 bits per heavy atom. The summed E-state index contributed by atoms with van der Waals surface area (Å²) in [5.41, 5.74) is 4.05. The van der Waals surface area contributed by atoms with Crippen molar-refractivity contribution in [1.29, 1.82) is 0 Å². The number of aryl methyl sites for hydroxylation is 1. The van der Waals surface area contributed by atoms with Crippen molar-refractivity contribution in [1.82, 2.24) is 0 Å². The molecule has 5 heteroatoms. The molecule has 0 unspecified atom stereocenters. The molecular weight excluding hydrogens is 390 g/mol. The van der Waals surface area contributed by atoms with Crippen LogP contribution in [-0.4, -0.2) is 25.9 Å². The van der Waals surface area contributed by atoms with Crippen molar-refractivity contribution in [2.45, 2.75) is 46.0 Å². The SMILES string of the molecule is COc1ccc(OC)c([C@H]2CC(=O)N(c3cccc(C)c3)C3=C2C(=O)CC(C)(C)C3)c1. The first-order valence-corrected chi connectivity index (χ1v) is 10.6. The third-order valence-electron chi connectivity index (χ3n) is 6.22. The van der Waals surface area contributed by atoms with Crippen molar-refractivity contribution >= 4 is 17.4 Å². The lowest BCUT2D eigenvalue weighted by molar-refractivity contribution is -0.121. The Labute approximate surface area is 183 Å². The van der Waals surface area contributed by atoms with E-state index < -0.39 is 0 Å². The van der Waals surface area contributed by atoms with Gasteiger partial charge in [-0.2, -0.15) is 0 Å². The molecule has 31 heavy (non-hydrogen) atoms. The van der Waals surface area contributed by atoms with Crippen LogP contribution in [0.25, 0.3) is 0 Å². The highest BCUT2D eigenvalue weighted by atomic mass is 16.5. The Morgan fingerprint density at radius 2 is 1.77 bits per heavy atom. The van der Waals surface area contributed by atoms with Crippen LogP contribution in [-0.2, 0) is 9.59 Å². The maximum atomic E-state index is 13.5. The molecular formula is C26H29NO4. The number of Topliss-reactive ketones (excluding diaryl/α,β-unsaturated/α-hetero) is 1. The number of anilines is 1. The summed E-state index contributed by atoms with van der Waals surface area (Å²) >= 11 is 0. The molecule has 1 heterocycles. The van der Waals surface area contributed by atoms with E-state index in [4.69, 9.17) is 9.47 Å². The van der Waals surface area contributed by atoms with Crippen LogP contribution in [0.3, 0.4) is 0 Å². The van der Waals surface area contributed by atoms with Gasteiger partial charge >= 0.3 is 0 Å². The van der Waals surface area contributed by atoms with E-state index in [1.54, 1.807) is 19.1 Å². The highest BCUT2D eigenvalue weighted by Crippen LogP contribution is 2.50. The Hall–Kier alpha value is -3.08. The molecule has 4 rings (SSSR count). The number of nitrogens with zero attached hydrogens (tertiary/aromatic N) is 1. The zero-order chi connectivity index (χ0) is 22.3. The van der Waals surface area contributed by atoms with Gasteiger partial charge in [0.05, 0.1) is 14.2 Å². The third-order valence-corrected chi connectivity index (χ3v) is 6.22. The van der Waals surface area contributed by atoms with E-state index in [2.05, 4.69) is 13.8 Å². The number of amides is 1. The number of hydrogen-bond acceptors (Lipinski definition) is 4. The fourth-order valence-corrected chi connectivity index (χ4v) is 4.86. The van der Waals surface area contributed by atoms with Crippen molar-refractivity contribution in [3.63, 3.8) is 0 Å². The van der Waals surface area contributed by atoms with Gasteiger partial charge in [-0.05, 0) is 54.7 Å². The second kappa shape index (κ2) is 7.88. The zero-order valence-electron chi connectivity index (χ0n) is 18.8. The monoisotopic (exact) mass is 419 g/mol. The second-order valence-electron chi connectivity index (χ2n) is 9.23. The maximum Gasteiger partial charge on any atom is 0.232 e. The number of ketones is 1. The first kappa shape index (κ1) is 21.2. The molecule has 0 aromatic heterocycles. The van der Waals surface area contributed by atoms with E-state index in [1.165, 1.54) is 0 Å². The molecule has 0 saturated carbocycles. The van der Waals surface area contributed by atoms with Crippen LogP contribution in [0.4, 0.5) is 5.69 Å². The van der Waals surface area contributed by atoms with Crippen molar-refractivity contribution in [2.75, 3.05) is 19.1 Å². The van der Waals surface area contributed by atoms with Gasteiger partial charge in [0.1, 0.15) is 11.5 Å². The standard InChI is InChI=1S/C26H29NO4/c1-16-7-6-8-17(11-16)27-21-14-26(2,3)15-22(28)25(21)20(13-24(27)29)19-12-18(30-4)9-10-23(19)31-5/h6-12,20H,13-15H2,1-5H3/t20-/m1/s1. The van der Waals surface area contributed by atoms with Gasteiger partial charge in [-0.25, -0.2) is 0 Å². The van der Waals surface area contributed by atoms with Gasteiger partial charge in [-0.3, -0.25) is 14.5 Å². The number of ether oxygens (including phenoxy) is 2. The minimum atomic E-state index is -0.350. The minimum absolute atomic E-state index is 0.00952. The van der Waals surface area contributed by atoms with Crippen LogP contribution in [0, 0.1) is 12.3 Å². The van der Waals surface area contributed by atoms with Gasteiger partial charge in [0.2, 0.25) is 5.91 Å². The van der Waals surface area contributed by atoms with Crippen LogP contribution >= 0.6 is 0 Å². The summed E-state index contributed by atoms with van der Waals surface area (Å²) in [7, 11) is 3.21. The Bertz CT molecular complexity index is 1080. The zero-order valence-corrected chi connectivity index (χ0v) is 18.8. The van der Waals surface area contributed by atoms with Gasteiger partial charge in [-0.1, -0.05) is 26.0 Å². The fraction of sp³-hybridized carbons (Fsp3) is 0.385. The Balaban J connectivity index is 1.94. The van der Waals surface area contributed by atoms with Gasteiger partial charge in [0, 0.05) is 41.3 Å². The minimum Gasteiger partial charge on any atom is -0.497 e. The summed E-state index contributed by atoms with van der Waals surface area (Å²) in [6.45, 7) is 6.18. The first-order chi connectivity index (χ1) is 14.7. The highest BCUT2D eigenvalue weighted by Gasteiger charge is 2.45. The summed E-state index contributed by atoms with van der Waals surface area (Å²) in [6.07, 6.45) is 1.34. The van der Waals surface area contributed by atoms with E-state index in [9.17, 15) is 9.59 Å². The smallest absolute Gasteiger partial charge is 0.232 e. The van der Waals surface area contributed by atoms with Crippen LogP contribution in [0.1, 0.15) is 50.2 Å². The number of methoxy groups -OCH3 is 2. The molecule has 2 aromatic rings. The molecule has 1 aliphatic carbocycles. The molecule has 1 atom stereocenters. The third kappa shape index (κ3) is 3.85. The molecule has 2 aliphatic rings. The molecule has 0 spiro atoms. The molecule has 2 aromatic carbocycles. The number of carbonyl (C=O) groups excluding carboxylic acids is 2. The van der Waals surface area contributed by atoms with Crippen molar-refractivity contribution in [3.05, 3.63) is 64.9 Å². The molecule has 0 bridgehead atoms. The quantitative estimate of drug-likeness (QED) is 0.686.